The van der Waals surface area contributed by atoms with Crippen molar-refractivity contribution in [3.05, 3.63) is 23.8 Å². The summed E-state index contributed by atoms with van der Waals surface area (Å²) in [5.74, 6) is 0. The first-order chi connectivity index (χ1) is 7.62. The van der Waals surface area contributed by atoms with E-state index in [1.165, 1.54) is 6.07 Å². The van der Waals surface area contributed by atoms with Crippen molar-refractivity contribution in [3.8, 4) is 0 Å². The molecule has 1 aromatic rings. The molecule has 5 heteroatoms. The SMILES string of the molecule is Cc1cc(N)ccc1S(=O)(=O)NCC(C)(C)C. The van der Waals surface area contributed by atoms with Gasteiger partial charge in [-0.3, -0.25) is 0 Å². The highest BCUT2D eigenvalue weighted by Crippen LogP contribution is 2.19. The van der Waals surface area contributed by atoms with Crippen LogP contribution in [0.15, 0.2) is 23.1 Å². The van der Waals surface area contributed by atoms with Crippen molar-refractivity contribution in [3.63, 3.8) is 0 Å². The largest absolute Gasteiger partial charge is 0.399 e. The molecule has 0 aliphatic heterocycles. The van der Waals surface area contributed by atoms with Crippen molar-refractivity contribution in [1.82, 2.24) is 4.72 Å². The zero-order valence-corrected chi connectivity index (χ0v) is 11.6. The minimum Gasteiger partial charge on any atom is -0.399 e. The maximum Gasteiger partial charge on any atom is 0.240 e. The van der Waals surface area contributed by atoms with E-state index in [1.54, 1.807) is 19.1 Å². The molecule has 0 spiro atoms. The Morgan fingerprint density at radius 2 is 1.88 bits per heavy atom. The van der Waals surface area contributed by atoms with Crippen LogP contribution in [0, 0.1) is 12.3 Å². The fraction of sp³-hybridized carbons (Fsp3) is 0.500. The molecule has 0 atom stereocenters. The standard InChI is InChI=1S/C12H20N2O2S/c1-9-7-10(13)5-6-11(9)17(15,16)14-8-12(2,3)4/h5-7,14H,8,13H2,1-4H3. The van der Waals surface area contributed by atoms with Gasteiger partial charge in [-0.2, -0.15) is 0 Å². The highest BCUT2D eigenvalue weighted by atomic mass is 32.2. The molecule has 4 nitrogen and oxygen atoms in total. The van der Waals surface area contributed by atoms with Crippen molar-refractivity contribution >= 4 is 15.7 Å². The molecule has 0 aliphatic rings. The number of hydrogen-bond donors (Lipinski definition) is 2. The Morgan fingerprint density at radius 3 is 2.35 bits per heavy atom. The molecule has 0 saturated heterocycles. The molecule has 0 heterocycles. The predicted octanol–water partition coefficient (Wildman–Crippen LogP) is 1.90. The number of hydrogen-bond acceptors (Lipinski definition) is 3. The molecule has 96 valence electrons. The van der Waals surface area contributed by atoms with E-state index < -0.39 is 10.0 Å². The molecule has 1 aromatic carbocycles. The summed E-state index contributed by atoms with van der Waals surface area (Å²) in [6.45, 7) is 8.07. The third-order valence-electron chi connectivity index (χ3n) is 2.28. The number of sulfonamides is 1. The summed E-state index contributed by atoms with van der Waals surface area (Å²) >= 11 is 0. The average molecular weight is 256 g/mol. The van der Waals surface area contributed by atoms with E-state index in [0.717, 1.165) is 0 Å². The first-order valence-corrected chi connectivity index (χ1v) is 6.96. The normalized spacial score (nSPS) is 12.7. The molecule has 1 rings (SSSR count). The maximum absolute atomic E-state index is 12.1. The minimum atomic E-state index is -3.45. The van der Waals surface area contributed by atoms with Crippen LogP contribution in [-0.4, -0.2) is 15.0 Å². The molecule has 0 aromatic heterocycles. The Bertz CT molecular complexity index is 502. The zero-order valence-electron chi connectivity index (χ0n) is 10.7. The Kier molecular flexibility index (Phi) is 3.84. The van der Waals surface area contributed by atoms with Gasteiger partial charge in [-0.1, -0.05) is 20.8 Å². The molecule has 0 saturated carbocycles. The summed E-state index contributed by atoms with van der Waals surface area (Å²) in [5, 5.41) is 0. The first-order valence-electron chi connectivity index (χ1n) is 5.48. The molecular weight excluding hydrogens is 236 g/mol. The van der Waals surface area contributed by atoms with E-state index >= 15 is 0 Å². The van der Waals surface area contributed by atoms with Crippen molar-refractivity contribution < 1.29 is 8.42 Å². The van der Waals surface area contributed by atoms with Gasteiger partial charge < -0.3 is 5.73 Å². The van der Waals surface area contributed by atoms with Gasteiger partial charge in [0.1, 0.15) is 0 Å². The first kappa shape index (κ1) is 14.0. The smallest absolute Gasteiger partial charge is 0.240 e. The van der Waals surface area contributed by atoms with E-state index in [4.69, 9.17) is 5.73 Å². The van der Waals surface area contributed by atoms with Gasteiger partial charge in [-0.05, 0) is 36.1 Å². The number of rotatable bonds is 3. The van der Waals surface area contributed by atoms with Crippen molar-refractivity contribution in [2.75, 3.05) is 12.3 Å². The Labute approximate surface area is 103 Å². The van der Waals surface area contributed by atoms with Gasteiger partial charge in [0.2, 0.25) is 10.0 Å². The van der Waals surface area contributed by atoms with Crippen molar-refractivity contribution in [2.24, 2.45) is 5.41 Å². The molecule has 3 N–H and O–H groups in total. The zero-order chi connectivity index (χ0) is 13.3. The quantitative estimate of drug-likeness (QED) is 0.811. The molecule has 0 aliphatic carbocycles. The van der Waals surface area contributed by atoms with Crippen LogP contribution in [0.1, 0.15) is 26.3 Å². The number of anilines is 1. The van der Waals surface area contributed by atoms with Gasteiger partial charge in [0.05, 0.1) is 4.90 Å². The number of nitrogen functional groups attached to an aromatic ring is 1. The van der Waals surface area contributed by atoms with Crippen LogP contribution in [0.5, 0.6) is 0 Å². The van der Waals surface area contributed by atoms with Crippen molar-refractivity contribution in [2.45, 2.75) is 32.6 Å². The number of benzene rings is 1. The topological polar surface area (TPSA) is 72.2 Å². The number of aryl methyl sites for hydroxylation is 1. The summed E-state index contributed by atoms with van der Waals surface area (Å²) < 4.78 is 26.7. The van der Waals surface area contributed by atoms with Gasteiger partial charge in [-0.25, -0.2) is 13.1 Å². The lowest BCUT2D eigenvalue weighted by atomic mass is 9.98. The van der Waals surface area contributed by atoms with E-state index in [0.29, 0.717) is 17.8 Å². The lowest BCUT2D eigenvalue weighted by Crippen LogP contribution is -2.32. The van der Waals surface area contributed by atoms with Gasteiger partial charge in [-0.15, -0.1) is 0 Å². The van der Waals surface area contributed by atoms with Crippen LogP contribution in [0.25, 0.3) is 0 Å². The maximum atomic E-state index is 12.1. The summed E-state index contributed by atoms with van der Waals surface area (Å²) in [4.78, 5) is 0.288. The van der Waals surface area contributed by atoms with Crippen LogP contribution < -0.4 is 10.5 Å². The fourth-order valence-electron chi connectivity index (χ4n) is 1.36. The monoisotopic (exact) mass is 256 g/mol. The Morgan fingerprint density at radius 1 is 1.29 bits per heavy atom. The van der Waals surface area contributed by atoms with Crippen LogP contribution in [-0.2, 0) is 10.0 Å². The molecular formula is C12H20N2O2S. The third-order valence-corrected chi connectivity index (χ3v) is 3.84. The summed E-state index contributed by atoms with van der Waals surface area (Å²) in [6.07, 6.45) is 0. The molecule has 0 radical (unpaired) electrons. The Balaban J connectivity index is 2.98. The fourth-order valence-corrected chi connectivity index (χ4v) is 2.87. The second-order valence-corrected chi connectivity index (χ2v) is 7.15. The predicted molar refractivity (Wildman–Crippen MR) is 70.2 cm³/mol. The number of nitrogens with one attached hydrogen (secondary N) is 1. The van der Waals surface area contributed by atoms with Crippen LogP contribution >= 0.6 is 0 Å². The molecule has 0 bridgehead atoms. The summed E-state index contributed by atoms with van der Waals surface area (Å²) in [6, 6.07) is 4.79. The third kappa shape index (κ3) is 4.02. The van der Waals surface area contributed by atoms with Gasteiger partial charge in [0.15, 0.2) is 0 Å². The molecule has 0 fully saturated rings. The van der Waals surface area contributed by atoms with E-state index in [9.17, 15) is 8.42 Å². The van der Waals surface area contributed by atoms with Gasteiger partial charge >= 0.3 is 0 Å². The molecule has 0 unspecified atom stereocenters. The highest BCUT2D eigenvalue weighted by Gasteiger charge is 2.19. The van der Waals surface area contributed by atoms with Gasteiger partial charge in [0, 0.05) is 12.2 Å². The summed E-state index contributed by atoms with van der Waals surface area (Å²) in [5.41, 5.74) is 6.74. The highest BCUT2D eigenvalue weighted by molar-refractivity contribution is 7.89. The van der Waals surface area contributed by atoms with Crippen molar-refractivity contribution in [1.29, 1.82) is 0 Å². The van der Waals surface area contributed by atoms with E-state index in [-0.39, 0.29) is 10.3 Å². The second kappa shape index (κ2) is 4.66. The molecule has 0 amide bonds. The number of nitrogens with two attached hydrogens (primary N) is 1. The van der Waals surface area contributed by atoms with E-state index in [2.05, 4.69) is 4.72 Å². The lowest BCUT2D eigenvalue weighted by molar-refractivity contribution is 0.407. The van der Waals surface area contributed by atoms with Gasteiger partial charge in [0.25, 0.3) is 0 Å². The minimum absolute atomic E-state index is 0.0885. The van der Waals surface area contributed by atoms with Crippen LogP contribution in [0.4, 0.5) is 5.69 Å². The lowest BCUT2D eigenvalue weighted by Gasteiger charge is -2.19. The average Bonchev–Trinajstić information content (AvgIpc) is 2.13. The molecule has 17 heavy (non-hydrogen) atoms. The van der Waals surface area contributed by atoms with Crippen LogP contribution in [0.3, 0.4) is 0 Å². The second-order valence-electron chi connectivity index (χ2n) is 5.41. The van der Waals surface area contributed by atoms with E-state index in [1.807, 2.05) is 20.8 Å². The Hall–Kier alpha value is -1.07. The summed E-state index contributed by atoms with van der Waals surface area (Å²) in [7, 11) is -3.45. The van der Waals surface area contributed by atoms with Crippen LogP contribution in [0.2, 0.25) is 0 Å².